The highest BCUT2D eigenvalue weighted by Gasteiger charge is 2.56. The predicted molar refractivity (Wildman–Crippen MR) is 127 cm³/mol. The number of nitrogens with one attached hydrogen (secondary N) is 1. The largest absolute Gasteiger partial charge is 0.484 e. The second-order valence-electron chi connectivity index (χ2n) is 7.84. The predicted octanol–water partition coefficient (Wildman–Crippen LogP) is 1.54. The minimum atomic E-state index is -2.62. The van der Waals surface area contributed by atoms with Crippen molar-refractivity contribution in [3.8, 4) is 5.75 Å². The third-order valence-corrected chi connectivity index (χ3v) is 6.12. The van der Waals surface area contributed by atoms with Crippen molar-refractivity contribution in [1.82, 2.24) is 10.2 Å². The first kappa shape index (κ1) is 26.5. The van der Waals surface area contributed by atoms with Crippen molar-refractivity contribution >= 4 is 34.6 Å². The lowest BCUT2D eigenvalue weighted by atomic mass is 9.99. The Kier molecular flexibility index (Phi) is 8.51. The van der Waals surface area contributed by atoms with E-state index in [-0.39, 0.29) is 17.9 Å². The minimum Gasteiger partial charge on any atom is -0.484 e. The molecule has 2 aromatic rings. The van der Waals surface area contributed by atoms with Gasteiger partial charge in [0.25, 0.3) is 17.5 Å². The summed E-state index contributed by atoms with van der Waals surface area (Å²) in [7, 11) is 0. The number of para-hydroxylation sites is 1. The summed E-state index contributed by atoms with van der Waals surface area (Å²) < 4.78 is 32.4. The normalized spacial score (nSPS) is 18.4. The molecule has 13 heteroatoms. The zero-order chi connectivity index (χ0) is 26.4. The second kappa shape index (κ2) is 11.6. The summed E-state index contributed by atoms with van der Waals surface area (Å²) in [5.41, 5.74) is 0.492. The van der Waals surface area contributed by atoms with Gasteiger partial charge in [-0.1, -0.05) is 24.8 Å². The first-order chi connectivity index (χ1) is 17.1. The van der Waals surface area contributed by atoms with Crippen LogP contribution >= 0.6 is 0 Å². The molecule has 0 aromatic heterocycles. The lowest BCUT2D eigenvalue weighted by Crippen LogP contribution is -2.75. The number of nitro groups is 1. The third kappa shape index (κ3) is 6.12. The third-order valence-electron chi connectivity index (χ3n) is 5.21. The van der Waals surface area contributed by atoms with Gasteiger partial charge in [0.15, 0.2) is 29.1 Å². The fourth-order valence-electron chi connectivity index (χ4n) is 3.49. The van der Waals surface area contributed by atoms with Crippen molar-refractivity contribution in [3.63, 3.8) is 0 Å². The van der Waals surface area contributed by atoms with E-state index in [2.05, 4.69) is 11.9 Å². The number of β-lactam (4-membered cyclic amide) rings is 1. The second-order valence-corrected chi connectivity index (χ2v) is 8.87. The molecule has 4 atom stereocenters. The van der Waals surface area contributed by atoms with Gasteiger partial charge in [-0.05, 0) is 42.3 Å². The molecule has 190 valence electrons. The first-order valence-electron chi connectivity index (χ1n) is 10.5. The van der Waals surface area contributed by atoms with Crippen molar-refractivity contribution < 1.29 is 37.5 Å². The molecule has 1 heterocycles. The Morgan fingerprint density at radius 2 is 1.86 bits per heavy atom. The van der Waals surface area contributed by atoms with Crippen LogP contribution in [0, 0.1) is 10.1 Å². The van der Waals surface area contributed by atoms with Crippen molar-refractivity contribution in [2.24, 2.45) is 0 Å². The number of hydrogen-bond acceptors (Lipinski definition) is 8. The van der Waals surface area contributed by atoms with Gasteiger partial charge in [-0.2, -0.15) is 0 Å². The van der Waals surface area contributed by atoms with Crippen molar-refractivity contribution in [2.75, 3.05) is 6.61 Å². The topological polar surface area (TPSA) is 165 Å². The highest BCUT2D eigenvalue weighted by atomic mass is 32.2. The molecule has 0 radical (unpaired) electrons. The van der Waals surface area contributed by atoms with E-state index in [9.17, 15) is 33.3 Å². The van der Waals surface area contributed by atoms with Crippen LogP contribution < -0.4 is 10.1 Å². The summed E-state index contributed by atoms with van der Waals surface area (Å²) in [6.45, 7) is 4.44. The number of amides is 2. The highest BCUT2D eigenvalue weighted by molar-refractivity contribution is 7.80. The number of hydrogen-bond donors (Lipinski definition) is 2. The van der Waals surface area contributed by atoms with Crippen LogP contribution in [-0.4, -0.2) is 60.4 Å². The molecule has 2 aromatic carbocycles. The van der Waals surface area contributed by atoms with Crippen LogP contribution in [0.2, 0.25) is 0 Å². The molecule has 1 aliphatic rings. The van der Waals surface area contributed by atoms with E-state index < -0.39 is 57.9 Å². The van der Waals surface area contributed by atoms with E-state index in [1.165, 1.54) is 31.2 Å². The number of carbonyl (C=O) groups excluding carboxylic acids is 3. The smallest absolute Gasteiger partial charge is 0.333 e. The summed E-state index contributed by atoms with van der Waals surface area (Å²) in [4.78, 5) is 48.9. The molecule has 2 amide bonds. The van der Waals surface area contributed by atoms with Gasteiger partial charge in [-0.25, -0.2) is 9.00 Å². The first-order valence-corrected chi connectivity index (χ1v) is 11.7. The van der Waals surface area contributed by atoms with Gasteiger partial charge < -0.3 is 24.2 Å². The Morgan fingerprint density at radius 1 is 1.22 bits per heavy atom. The number of esters is 1. The maximum atomic E-state index is 12.8. The average molecular weight is 518 g/mol. The van der Waals surface area contributed by atoms with Gasteiger partial charge in [0.1, 0.15) is 18.4 Å². The lowest BCUT2D eigenvalue weighted by molar-refractivity contribution is -0.384. The average Bonchev–Trinajstić information content (AvgIpc) is 2.85. The number of carbonyl (C=O) groups is 3. The van der Waals surface area contributed by atoms with Crippen LogP contribution in [0.15, 0.2) is 66.7 Å². The summed E-state index contributed by atoms with van der Waals surface area (Å²) in [5.74, 6) is -1.95. The fraction of sp³-hybridized carbons (Fsp3) is 0.261. The molecular weight excluding hydrogens is 494 g/mol. The zero-order valence-electron chi connectivity index (χ0n) is 19.1. The molecule has 0 saturated carbocycles. The Balaban J connectivity index is 1.64. The quantitative estimate of drug-likeness (QED) is 0.112. The molecule has 0 spiro atoms. The van der Waals surface area contributed by atoms with Crippen LogP contribution in [0.1, 0.15) is 12.5 Å². The maximum absolute atomic E-state index is 12.8. The summed E-state index contributed by atoms with van der Waals surface area (Å²) in [6.07, 6.45) is 0. The van der Waals surface area contributed by atoms with Crippen LogP contribution in [-0.2, 0) is 36.8 Å². The van der Waals surface area contributed by atoms with Crippen LogP contribution in [0.4, 0.5) is 5.69 Å². The minimum absolute atomic E-state index is 0.133. The summed E-state index contributed by atoms with van der Waals surface area (Å²) >= 11 is -2.62. The zero-order valence-corrected chi connectivity index (χ0v) is 19.9. The monoisotopic (exact) mass is 517 g/mol. The van der Waals surface area contributed by atoms with Gasteiger partial charge in [0.05, 0.1) is 4.92 Å². The van der Waals surface area contributed by atoms with Gasteiger partial charge in [-0.3, -0.25) is 19.7 Å². The molecule has 1 aliphatic heterocycles. The molecule has 12 nitrogen and oxygen atoms in total. The van der Waals surface area contributed by atoms with E-state index >= 15 is 0 Å². The molecular formula is C23H23N3O9S. The molecule has 2 N–H and O–H groups in total. The summed E-state index contributed by atoms with van der Waals surface area (Å²) in [6, 6.07) is 11.0. The number of nitrogens with zero attached hydrogens (tertiary/aromatic N) is 2. The molecule has 0 aliphatic carbocycles. The van der Waals surface area contributed by atoms with Crippen molar-refractivity contribution in [3.05, 3.63) is 82.4 Å². The number of nitro benzene ring substituents is 1. The van der Waals surface area contributed by atoms with E-state index in [0.29, 0.717) is 11.3 Å². The van der Waals surface area contributed by atoms with Gasteiger partial charge in [0.2, 0.25) is 0 Å². The Morgan fingerprint density at radius 3 is 2.42 bits per heavy atom. The molecule has 0 bridgehead atoms. The Bertz CT molecular complexity index is 1190. The van der Waals surface area contributed by atoms with E-state index in [0.717, 1.165) is 4.90 Å². The Labute approximate surface area is 208 Å². The van der Waals surface area contributed by atoms with Gasteiger partial charge in [-0.15, -0.1) is 0 Å². The summed E-state index contributed by atoms with van der Waals surface area (Å²) in [5, 5.41) is 11.7. The molecule has 1 fully saturated rings. The van der Waals surface area contributed by atoms with E-state index in [4.69, 9.17) is 9.47 Å². The molecule has 1 saturated heterocycles. The number of rotatable bonds is 11. The standard InChI is InChI=1S/C23H23N3O9S/c1-14(2)20(23(29)35-12-15-8-10-16(11-9-15)26(30)31)25-21(28)19(22(25)36(32)33)24-18(27)13-34-17-6-4-3-5-7-17/h3-11,19-20,22H,1,12-13H2,2H3,(H,24,27)(H,32,33)/t19-,20-,22-/m1/s1. The fourth-order valence-corrected chi connectivity index (χ4v) is 4.32. The van der Waals surface area contributed by atoms with Crippen LogP contribution in [0.25, 0.3) is 0 Å². The van der Waals surface area contributed by atoms with E-state index in [1.54, 1.807) is 30.3 Å². The number of benzene rings is 2. The number of non-ortho nitro benzene ring substituents is 1. The van der Waals surface area contributed by atoms with Gasteiger partial charge in [0, 0.05) is 12.1 Å². The molecule has 36 heavy (non-hydrogen) atoms. The lowest BCUT2D eigenvalue weighted by Gasteiger charge is -2.48. The van der Waals surface area contributed by atoms with Crippen LogP contribution in [0.3, 0.4) is 0 Å². The van der Waals surface area contributed by atoms with Gasteiger partial charge >= 0.3 is 5.97 Å². The molecule has 3 rings (SSSR count). The van der Waals surface area contributed by atoms with Crippen molar-refractivity contribution in [2.45, 2.75) is 31.0 Å². The maximum Gasteiger partial charge on any atom is 0.333 e. The Hall–Kier alpha value is -4.10. The number of likely N-dealkylation sites (tertiary alicyclic amines) is 1. The molecule has 1 unspecified atom stereocenters. The van der Waals surface area contributed by atoms with Crippen molar-refractivity contribution in [1.29, 1.82) is 0 Å². The van der Waals surface area contributed by atoms with E-state index in [1.807, 2.05) is 0 Å². The highest BCUT2D eigenvalue weighted by Crippen LogP contribution is 2.29. The van der Waals surface area contributed by atoms with Crippen LogP contribution in [0.5, 0.6) is 5.75 Å². The SMILES string of the molecule is C=C(C)[C@H](C(=O)OCc1ccc([N+](=O)[O-])cc1)N1C(=O)[C@@H](NC(=O)COc2ccccc2)[C@H]1S(=O)O. The number of ether oxygens (including phenoxy) is 2.